The molecule has 0 aliphatic heterocycles. The fourth-order valence-corrected chi connectivity index (χ4v) is 1.83. The highest BCUT2D eigenvalue weighted by molar-refractivity contribution is 6.35. The number of rotatable bonds is 1. The SMILES string of the molecule is FC(F)(F)c1cnc(-c2cc(Cl)cc(Cl)c2)[nH]1. The number of nitrogens with zero attached hydrogens (tertiary/aromatic N) is 1. The predicted octanol–water partition coefficient (Wildman–Crippen LogP) is 4.40. The van der Waals surface area contributed by atoms with Gasteiger partial charge in [0.1, 0.15) is 11.5 Å². The molecule has 0 bridgehead atoms. The van der Waals surface area contributed by atoms with Crippen LogP contribution in [0.4, 0.5) is 13.2 Å². The van der Waals surface area contributed by atoms with Crippen molar-refractivity contribution >= 4 is 23.2 Å². The molecular formula is C10H5Cl2F3N2. The molecule has 0 spiro atoms. The molecule has 0 fully saturated rings. The lowest BCUT2D eigenvalue weighted by molar-refractivity contribution is -0.140. The van der Waals surface area contributed by atoms with E-state index in [-0.39, 0.29) is 5.82 Å². The fraction of sp³-hybridized carbons (Fsp3) is 0.100. The van der Waals surface area contributed by atoms with E-state index >= 15 is 0 Å². The topological polar surface area (TPSA) is 28.7 Å². The first-order valence-electron chi connectivity index (χ1n) is 4.45. The molecule has 0 saturated carbocycles. The summed E-state index contributed by atoms with van der Waals surface area (Å²) < 4.78 is 37.1. The van der Waals surface area contributed by atoms with E-state index in [9.17, 15) is 13.2 Å². The zero-order valence-corrected chi connectivity index (χ0v) is 9.66. The van der Waals surface area contributed by atoms with Crippen molar-refractivity contribution in [1.29, 1.82) is 0 Å². The second kappa shape index (κ2) is 4.23. The van der Waals surface area contributed by atoms with Crippen LogP contribution in [0.1, 0.15) is 5.69 Å². The van der Waals surface area contributed by atoms with E-state index in [0.29, 0.717) is 15.6 Å². The lowest BCUT2D eigenvalue weighted by atomic mass is 10.2. The maximum absolute atomic E-state index is 12.4. The second-order valence-electron chi connectivity index (χ2n) is 3.30. The zero-order valence-electron chi connectivity index (χ0n) is 8.15. The highest BCUT2D eigenvalue weighted by Crippen LogP contribution is 2.30. The minimum absolute atomic E-state index is 0.0710. The second-order valence-corrected chi connectivity index (χ2v) is 4.17. The molecular weight excluding hydrogens is 276 g/mol. The van der Waals surface area contributed by atoms with Gasteiger partial charge in [-0.3, -0.25) is 0 Å². The summed E-state index contributed by atoms with van der Waals surface area (Å²) in [5, 5.41) is 0.662. The summed E-state index contributed by atoms with van der Waals surface area (Å²) in [7, 11) is 0. The molecule has 0 radical (unpaired) electrons. The Morgan fingerprint density at radius 2 is 1.65 bits per heavy atom. The van der Waals surface area contributed by atoms with Crippen LogP contribution in [0.2, 0.25) is 10.0 Å². The third-order valence-corrected chi connectivity index (χ3v) is 2.45. The van der Waals surface area contributed by atoms with Crippen LogP contribution in [-0.2, 0) is 6.18 Å². The third-order valence-electron chi connectivity index (χ3n) is 2.02. The number of aromatic amines is 1. The van der Waals surface area contributed by atoms with E-state index in [2.05, 4.69) is 9.97 Å². The van der Waals surface area contributed by atoms with E-state index in [0.717, 1.165) is 6.20 Å². The summed E-state index contributed by atoms with van der Waals surface area (Å²) in [5.41, 5.74) is -0.512. The van der Waals surface area contributed by atoms with Crippen LogP contribution in [0.15, 0.2) is 24.4 Å². The average molecular weight is 281 g/mol. The van der Waals surface area contributed by atoms with E-state index in [1.54, 1.807) is 0 Å². The average Bonchev–Trinajstić information content (AvgIpc) is 2.63. The number of nitrogens with one attached hydrogen (secondary N) is 1. The number of hydrogen-bond acceptors (Lipinski definition) is 1. The van der Waals surface area contributed by atoms with Gasteiger partial charge in [-0.2, -0.15) is 13.2 Å². The molecule has 0 aliphatic rings. The number of hydrogen-bond donors (Lipinski definition) is 1. The molecule has 0 unspecified atom stereocenters. The molecule has 1 N–H and O–H groups in total. The normalized spacial score (nSPS) is 11.8. The Kier molecular flexibility index (Phi) is 3.05. The van der Waals surface area contributed by atoms with Gasteiger partial charge in [0, 0.05) is 15.6 Å². The van der Waals surface area contributed by atoms with Gasteiger partial charge in [-0.1, -0.05) is 23.2 Å². The lowest BCUT2D eigenvalue weighted by Gasteiger charge is -2.02. The number of imidazole rings is 1. The highest BCUT2D eigenvalue weighted by Gasteiger charge is 2.33. The van der Waals surface area contributed by atoms with Crippen molar-refractivity contribution in [3.63, 3.8) is 0 Å². The number of alkyl halides is 3. The van der Waals surface area contributed by atoms with Crippen molar-refractivity contribution in [2.24, 2.45) is 0 Å². The van der Waals surface area contributed by atoms with Crippen LogP contribution >= 0.6 is 23.2 Å². The Bertz CT molecular complexity index is 528. The number of halogens is 5. The van der Waals surface area contributed by atoms with E-state index in [1.807, 2.05) is 0 Å². The summed E-state index contributed by atoms with van der Waals surface area (Å²) >= 11 is 11.5. The molecule has 2 nitrogen and oxygen atoms in total. The number of H-pyrrole nitrogens is 1. The van der Waals surface area contributed by atoms with Crippen LogP contribution < -0.4 is 0 Å². The largest absolute Gasteiger partial charge is 0.432 e. The van der Waals surface area contributed by atoms with Gasteiger partial charge in [0.25, 0.3) is 0 Å². The molecule has 0 saturated heterocycles. The standard InChI is InChI=1S/C10H5Cl2F3N2/c11-6-1-5(2-7(12)3-6)9-16-4-8(17-9)10(13,14)15/h1-4H,(H,16,17). The van der Waals surface area contributed by atoms with Crippen LogP contribution in [0.25, 0.3) is 11.4 Å². The minimum atomic E-state index is -4.45. The minimum Gasteiger partial charge on any atom is -0.334 e. The molecule has 2 aromatic rings. The van der Waals surface area contributed by atoms with Crippen molar-refractivity contribution in [3.8, 4) is 11.4 Å². The van der Waals surface area contributed by atoms with Gasteiger partial charge in [-0.15, -0.1) is 0 Å². The summed E-state index contributed by atoms with van der Waals surface area (Å²) in [5.74, 6) is 0.0710. The molecule has 1 aromatic heterocycles. The zero-order chi connectivity index (χ0) is 12.6. The molecule has 90 valence electrons. The first kappa shape index (κ1) is 12.3. The summed E-state index contributed by atoms with van der Waals surface area (Å²) in [6.07, 6.45) is -3.72. The van der Waals surface area contributed by atoms with E-state index < -0.39 is 11.9 Å². The molecule has 1 heterocycles. The van der Waals surface area contributed by atoms with Crippen LogP contribution in [0.3, 0.4) is 0 Å². The van der Waals surface area contributed by atoms with E-state index in [1.165, 1.54) is 18.2 Å². The van der Waals surface area contributed by atoms with Gasteiger partial charge in [-0.05, 0) is 18.2 Å². The predicted molar refractivity (Wildman–Crippen MR) is 59.0 cm³/mol. The van der Waals surface area contributed by atoms with Crippen molar-refractivity contribution < 1.29 is 13.2 Å². The highest BCUT2D eigenvalue weighted by atomic mass is 35.5. The fourth-order valence-electron chi connectivity index (χ4n) is 1.30. The maximum atomic E-state index is 12.4. The first-order chi connectivity index (χ1) is 7.86. The number of aromatic nitrogens is 2. The van der Waals surface area contributed by atoms with Gasteiger partial charge in [0.05, 0.1) is 6.20 Å². The van der Waals surface area contributed by atoms with Gasteiger partial charge in [0.15, 0.2) is 0 Å². The molecule has 0 atom stereocenters. The molecule has 1 aromatic carbocycles. The summed E-state index contributed by atoms with van der Waals surface area (Å²) in [6.45, 7) is 0. The van der Waals surface area contributed by atoms with Crippen molar-refractivity contribution in [3.05, 3.63) is 40.1 Å². The van der Waals surface area contributed by atoms with Crippen molar-refractivity contribution in [1.82, 2.24) is 9.97 Å². The van der Waals surface area contributed by atoms with E-state index in [4.69, 9.17) is 23.2 Å². The Labute approximate surface area is 104 Å². The van der Waals surface area contributed by atoms with Crippen LogP contribution in [0.5, 0.6) is 0 Å². The monoisotopic (exact) mass is 280 g/mol. The van der Waals surface area contributed by atoms with Gasteiger partial charge >= 0.3 is 6.18 Å². The Hall–Kier alpha value is -1.20. The van der Waals surface area contributed by atoms with Crippen molar-refractivity contribution in [2.75, 3.05) is 0 Å². The molecule has 7 heteroatoms. The smallest absolute Gasteiger partial charge is 0.334 e. The van der Waals surface area contributed by atoms with Crippen LogP contribution in [0, 0.1) is 0 Å². The lowest BCUT2D eigenvalue weighted by Crippen LogP contribution is -2.04. The Morgan fingerprint density at radius 3 is 2.12 bits per heavy atom. The first-order valence-corrected chi connectivity index (χ1v) is 5.20. The van der Waals surface area contributed by atoms with Crippen molar-refractivity contribution in [2.45, 2.75) is 6.18 Å². The summed E-state index contributed by atoms with van der Waals surface area (Å²) in [4.78, 5) is 5.81. The third kappa shape index (κ3) is 2.73. The Balaban J connectivity index is 2.44. The summed E-state index contributed by atoms with van der Waals surface area (Å²) in [6, 6.07) is 4.44. The molecule has 0 amide bonds. The molecule has 0 aliphatic carbocycles. The van der Waals surface area contributed by atoms with Gasteiger partial charge in [0.2, 0.25) is 0 Å². The van der Waals surface area contributed by atoms with Gasteiger partial charge < -0.3 is 4.98 Å². The van der Waals surface area contributed by atoms with Gasteiger partial charge in [-0.25, -0.2) is 4.98 Å². The molecule has 17 heavy (non-hydrogen) atoms. The van der Waals surface area contributed by atoms with Crippen LogP contribution in [-0.4, -0.2) is 9.97 Å². The Morgan fingerprint density at radius 1 is 1.06 bits per heavy atom. The quantitative estimate of drug-likeness (QED) is 0.824. The molecule has 2 rings (SSSR count). The number of benzene rings is 1. The maximum Gasteiger partial charge on any atom is 0.432 e.